The molecule has 1 aromatic heterocycles. The Bertz CT molecular complexity index is 3940. The minimum Gasteiger partial charge on any atom is -0.496 e. The molecule has 1 saturated carbocycles. The first-order valence-electron chi connectivity index (χ1n) is 36.6. The Kier molecular flexibility index (Phi) is 22.6. The third-order valence-electron chi connectivity index (χ3n) is 24.1. The van der Waals surface area contributed by atoms with Gasteiger partial charge in [-0.25, -0.2) is 14.4 Å². The number of Topliss-reactive ketones (excluding diaryl/α,β-unsaturated/α-hetero) is 1. The van der Waals surface area contributed by atoms with Crippen LogP contribution in [0.25, 0.3) is 10.9 Å². The number of aromatic nitrogens is 1. The number of urea groups is 1. The summed E-state index contributed by atoms with van der Waals surface area (Å²) in [4.78, 5) is 112. The standard InChI is InChI=1S/C76H108N8O17Si2/c1-12-73(98)43-47-42-70(3,62-51(30-38-83(44-47)46-73)50-20-16-17-21-54(50)79-62)53-40-52-56(41-58(53)100-7)82(6)65-75(52)35-39-84-37-19-31-74(13-2,64(75)84)66(92)76(65,99)34-27-57(85)48-23-25-49(26-24-48)103(10,11)101-102(8,9)45-55(63(90)91)78-60(87)22-15-14-18-36-77-59(86)28-32-71(4,67(93)94)80-69(97)81-72(5,68(95)96)33-29-61(88)89/h16-17,19-21,23-26,31,40-41,47,55,64-66,79,92,98-99H,12-15,18,22,27-30,32-39,42-46H2,1-11H3,(H,77,86)(H,78,87)(H,88,89)(H,90,91)(H,93,94)(H,95,96)(H2,80,81,97)/t47-,55?,64+,65+,66+,70+,71-,72-,73-,74+,75+,76-/m0/s1. The molecule has 2 bridgehead atoms. The molecular formula is C76H108N8O17Si2. The van der Waals surface area contributed by atoms with Crippen molar-refractivity contribution in [1.29, 1.82) is 0 Å². The van der Waals surface area contributed by atoms with Gasteiger partial charge in [0.1, 0.15) is 28.5 Å². The van der Waals surface area contributed by atoms with Gasteiger partial charge in [-0.05, 0) is 165 Å². The number of nitrogens with zero attached hydrogens (tertiary/aromatic N) is 3. The van der Waals surface area contributed by atoms with Crippen molar-refractivity contribution in [3.8, 4) is 5.75 Å². The summed E-state index contributed by atoms with van der Waals surface area (Å²) in [5.74, 6) is -5.82. The van der Waals surface area contributed by atoms with E-state index in [0.717, 1.165) is 91.7 Å². The van der Waals surface area contributed by atoms with E-state index in [9.17, 15) is 69.0 Å². The van der Waals surface area contributed by atoms with Gasteiger partial charge in [-0.1, -0.05) is 74.9 Å². The van der Waals surface area contributed by atoms with Gasteiger partial charge in [-0.15, -0.1) is 0 Å². The number of H-pyrrole nitrogens is 1. The van der Waals surface area contributed by atoms with Crippen LogP contribution in [0.4, 0.5) is 10.5 Å². The Hall–Kier alpha value is -7.51. The number of aromatic amines is 1. The minimum atomic E-state index is -2.86. The van der Waals surface area contributed by atoms with Crippen molar-refractivity contribution in [3.63, 3.8) is 0 Å². The third kappa shape index (κ3) is 15.2. The molecular weight excluding hydrogens is 1350 g/mol. The lowest BCUT2D eigenvalue weighted by molar-refractivity contribution is -0.201. The molecule has 13 atom stereocenters. The van der Waals surface area contributed by atoms with E-state index >= 15 is 0 Å². The van der Waals surface area contributed by atoms with Gasteiger partial charge in [0.15, 0.2) is 14.1 Å². The number of carbonyl (C=O) groups is 8. The number of aliphatic carboxylic acids is 4. The second-order valence-electron chi connectivity index (χ2n) is 32.2. The normalized spacial score (nSPS) is 27.9. The number of piperidine rings is 1. The molecule has 103 heavy (non-hydrogen) atoms. The highest BCUT2D eigenvalue weighted by molar-refractivity contribution is 6.92. The molecule has 27 heteroatoms. The Morgan fingerprint density at radius 1 is 0.796 bits per heavy atom. The van der Waals surface area contributed by atoms with Gasteiger partial charge in [0.2, 0.25) is 20.1 Å². The van der Waals surface area contributed by atoms with Crippen LogP contribution in [0.15, 0.2) is 72.8 Å². The third-order valence-corrected chi connectivity index (χ3v) is 31.5. The predicted molar refractivity (Wildman–Crippen MR) is 394 cm³/mol. The van der Waals surface area contributed by atoms with Crippen molar-refractivity contribution in [2.45, 2.75) is 227 Å². The number of hydrogen-bond acceptors (Lipinski definition) is 16. The van der Waals surface area contributed by atoms with Crippen molar-refractivity contribution in [2.24, 2.45) is 11.3 Å². The number of methoxy groups -OCH3 is 1. The van der Waals surface area contributed by atoms with Crippen LogP contribution >= 0.6 is 0 Å². The van der Waals surface area contributed by atoms with Crippen LogP contribution < -0.4 is 36.1 Å². The van der Waals surface area contributed by atoms with E-state index in [4.69, 9.17) is 14.0 Å². The van der Waals surface area contributed by atoms with E-state index in [1.807, 2.05) is 45.4 Å². The SMILES string of the molecule is CC[C@]1(O)C[C@H]2CN(CCc3c([nH]c4ccccc34)[C@@](C)(c3cc4c(cc3OC)N(C)[C@H]3[C@@](O)(CCC(=O)c5ccc([Si](C)(C)O[Si](C)(C)CC(NC(=O)CCCCCNC(=O)CC[C@](C)(NC(=O)N[C@@](C)(CCC(=O)O)C(=O)O)C(=O)O)C(=O)O)cc5)[C@H](O)[C@]5(CC)C=CCN6CC[C@]43[C@H]65)C2)C1. The van der Waals surface area contributed by atoms with E-state index in [1.54, 1.807) is 19.2 Å². The molecule has 12 N–H and O–H groups in total. The van der Waals surface area contributed by atoms with Crippen molar-refractivity contribution < 1.29 is 83.0 Å². The van der Waals surface area contributed by atoms with Crippen molar-refractivity contribution >= 4 is 85.9 Å². The Morgan fingerprint density at radius 2 is 1.48 bits per heavy atom. The summed E-state index contributed by atoms with van der Waals surface area (Å²) in [6.07, 6.45) is 6.72. The van der Waals surface area contributed by atoms with Gasteiger partial charge in [-0.2, -0.15) is 0 Å². The predicted octanol–water partition coefficient (Wildman–Crippen LogP) is 7.27. The maximum Gasteiger partial charge on any atom is 0.329 e. The molecule has 2 saturated heterocycles. The molecule has 2 unspecified atom stereocenters. The zero-order chi connectivity index (χ0) is 75.2. The maximum atomic E-state index is 14.8. The minimum absolute atomic E-state index is 0.00762. The van der Waals surface area contributed by atoms with Crippen LogP contribution in [-0.2, 0) is 50.1 Å². The highest BCUT2D eigenvalue weighted by Gasteiger charge is 2.76. The highest BCUT2D eigenvalue weighted by Crippen LogP contribution is 2.68. The van der Waals surface area contributed by atoms with E-state index in [0.29, 0.717) is 57.2 Å². The number of unbranched alkanes of at least 4 members (excludes halogenated alkanes) is 2. The first-order chi connectivity index (χ1) is 48.4. The Morgan fingerprint density at radius 3 is 2.12 bits per heavy atom. The van der Waals surface area contributed by atoms with Crippen LogP contribution in [0.5, 0.6) is 5.75 Å². The number of carboxylic acid groups (broad SMARTS) is 4. The second-order valence-corrected chi connectivity index (χ2v) is 40.5. The summed E-state index contributed by atoms with van der Waals surface area (Å²) in [5, 5.41) is 89.9. The molecule has 1 spiro atoms. The second kappa shape index (κ2) is 29.8. The number of carbonyl (C=O) groups excluding carboxylic acids is 4. The number of carboxylic acids is 4. The number of nitrogens with one attached hydrogen (secondary N) is 5. The van der Waals surface area contributed by atoms with Crippen molar-refractivity contribution in [3.05, 3.63) is 101 Å². The average Bonchev–Trinajstić information content (AvgIpc) is 1.50. The number of rotatable bonds is 31. The molecule has 4 amide bonds. The van der Waals surface area contributed by atoms with E-state index < -0.39 is 128 Å². The molecule has 6 aliphatic rings. The number of aliphatic hydroxyl groups is 3. The number of likely N-dealkylation sites (N-methyl/N-ethyl adjacent to an activating group) is 1. The number of benzene rings is 3. The lowest BCUT2D eigenvalue weighted by Gasteiger charge is -2.64. The monoisotopic (exact) mass is 1460 g/mol. The summed E-state index contributed by atoms with van der Waals surface area (Å²) in [7, 11) is -1.91. The fourth-order valence-corrected chi connectivity index (χ4v) is 27.5. The number of aliphatic hydroxyl groups excluding tert-OH is 1. The highest BCUT2D eigenvalue weighted by atomic mass is 28.4. The molecule has 5 aliphatic heterocycles. The zero-order valence-corrected chi connectivity index (χ0v) is 63.6. The van der Waals surface area contributed by atoms with E-state index in [-0.39, 0.29) is 62.4 Å². The van der Waals surface area contributed by atoms with Crippen molar-refractivity contribution in [1.82, 2.24) is 36.1 Å². The summed E-state index contributed by atoms with van der Waals surface area (Å²) in [6, 6.07) is 17.3. The molecule has 0 radical (unpaired) electrons. The lowest BCUT2D eigenvalue weighted by Crippen LogP contribution is -2.78. The first-order valence-corrected chi connectivity index (χ1v) is 42.6. The van der Waals surface area contributed by atoms with Gasteiger partial charge in [-0.3, -0.25) is 33.8 Å². The van der Waals surface area contributed by atoms with Gasteiger partial charge in [0, 0.05) is 127 Å². The topological polar surface area (TPSA) is 370 Å². The zero-order valence-electron chi connectivity index (χ0n) is 61.6. The fraction of sp³-hybridized carbons (Fsp3) is 0.605. The van der Waals surface area contributed by atoms with Crippen LogP contribution in [0.2, 0.25) is 32.2 Å². The van der Waals surface area contributed by atoms with E-state index in [1.165, 1.54) is 10.9 Å². The summed E-state index contributed by atoms with van der Waals surface area (Å²) >= 11 is 0. The number of ketones is 1. The van der Waals surface area contributed by atoms with Crippen LogP contribution in [-0.4, -0.2) is 215 Å². The van der Waals surface area contributed by atoms with Crippen LogP contribution in [0, 0.1) is 11.3 Å². The maximum absolute atomic E-state index is 14.8. The molecule has 25 nitrogen and oxygen atoms in total. The first kappa shape index (κ1) is 78.1. The van der Waals surface area contributed by atoms with Crippen LogP contribution in [0.1, 0.15) is 164 Å². The smallest absolute Gasteiger partial charge is 0.329 e. The number of ether oxygens (including phenoxy) is 1. The molecule has 6 heterocycles. The summed E-state index contributed by atoms with van der Waals surface area (Å²) < 4.78 is 13.5. The van der Waals surface area contributed by atoms with Crippen LogP contribution in [0.3, 0.4) is 0 Å². The Balaban J connectivity index is 0.778. The number of amides is 4. The summed E-state index contributed by atoms with van der Waals surface area (Å²) in [5.41, 5.74) is -1.75. The number of hydrogen-bond donors (Lipinski definition) is 12. The van der Waals surface area contributed by atoms with E-state index in [2.05, 4.69) is 110 Å². The van der Waals surface area contributed by atoms with Gasteiger partial charge in [0.05, 0.1) is 24.9 Å². The quantitative estimate of drug-likeness (QED) is 0.0102. The van der Waals surface area contributed by atoms with Gasteiger partial charge >= 0.3 is 29.9 Å². The largest absolute Gasteiger partial charge is 0.496 e. The Labute approximate surface area is 605 Å². The fourth-order valence-electron chi connectivity index (χ4n) is 19.0. The number of anilines is 1. The molecule has 10 rings (SSSR count). The number of para-hydroxylation sites is 1. The average molecular weight is 1460 g/mol. The lowest BCUT2D eigenvalue weighted by atomic mass is 9.47. The summed E-state index contributed by atoms with van der Waals surface area (Å²) in [6.45, 7) is 20.6. The molecule has 3 fully saturated rings. The number of fused-ring (bicyclic) bond motifs is 6. The molecule has 3 aromatic carbocycles. The van der Waals surface area contributed by atoms with Gasteiger partial charge < -0.3 is 75.7 Å². The molecule has 562 valence electrons. The van der Waals surface area contributed by atoms with Gasteiger partial charge in [0.25, 0.3) is 0 Å². The molecule has 4 aromatic rings. The molecule has 1 aliphatic carbocycles. The van der Waals surface area contributed by atoms with Crippen molar-refractivity contribution in [2.75, 3.05) is 58.3 Å².